The highest BCUT2D eigenvalue weighted by molar-refractivity contribution is 5.94. The van der Waals surface area contributed by atoms with Gasteiger partial charge in [-0.15, -0.1) is 0 Å². The van der Waals surface area contributed by atoms with Crippen molar-refractivity contribution in [2.75, 3.05) is 23.3 Å². The molecule has 2 N–H and O–H groups in total. The average molecular weight is 467 g/mol. The molecular formula is C26H31FN4O3. The molecule has 34 heavy (non-hydrogen) atoms. The Morgan fingerprint density at radius 3 is 2.53 bits per heavy atom. The largest absolute Gasteiger partial charge is 0.478 e. The van der Waals surface area contributed by atoms with Crippen molar-refractivity contribution in [1.29, 1.82) is 0 Å². The van der Waals surface area contributed by atoms with Gasteiger partial charge in [-0.05, 0) is 61.9 Å². The number of fused-ring (bicyclic) bond motifs is 1. The van der Waals surface area contributed by atoms with Gasteiger partial charge in [-0.25, -0.2) is 14.2 Å². The summed E-state index contributed by atoms with van der Waals surface area (Å²) in [6.45, 7) is 9.96. The topological polar surface area (TPSA) is 87.5 Å². The number of piperidine rings is 1. The zero-order chi connectivity index (χ0) is 24.8. The van der Waals surface area contributed by atoms with Crippen LogP contribution in [-0.2, 0) is 7.05 Å². The molecule has 0 saturated carbocycles. The Hall–Kier alpha value is -3.42. The number of hydrogen-bond acceptors (Lipinski definition) is 5. The molecule has 0 amide bonds. The number of carbonyl (C=O) groups is 1. The van der Waals surface area contributed by atoms with E-state index in [-0.39, 0.29) is 22.6 Å². The van der Waals surface area contributed by atoms with Crippen molar-refractivity contribution in [3.8, 4) is 0 Å². The van der Waals surface area contributed by atoms with Crippen molar-refractivity contribution >= 4 is 28.5 Å². The molecule has 180 valence electrons. The molecule has 1 saturated heterocycles. The van der Waals surface area contributed by atoms with Crippen molar-refractivity contribution in [3.05, 3.63) is 63.2 Å². The fourth-order valence-electron chi connectivity index (χ4n) is 4.60. The number of benzene rings is 2. The summed E-state index contributed by atoms with van der Waals surface area (Å²) in [7, 11) is 1.76. The van der Waals surface area contributed by atoms with Gasteiger partial charge >= 0.3 is 5.97 Å². The second-order valence-corrected chi connectivity index (χ2v) is 10.0. The maximum atomic E-state index is 13.6. The van der Waals surface area contributed by atoms with E-state index in [9.17, 15) is 19.1 Å². The standard InChI is InChI=1S/C26H31FN4O3/c1-15-12-18(16(2)28-21-7-6-17(27)14-19(21)24(33)34)22-20(13-15)23(32)30(5)25(29-22)31-10-8-26(3,4)9-11-31/h6-7,12-14,16,28H,8-11H2,1-5H3,(H,33,34). The Labute approximate surface area is 198 Å². The zero-order valence-electron chi connectivity index (χ0n) is 20.3. The minimum atomic E-state index is -1.22. The lowest BCUT2D eigenvalue weighted by Gasteiger charge is -2.38. The first-order valence-corrected chi connectivity index (χ1v) is 11.5. The van der Waals surface area contributed by atoms with E-state index in [2.05, 4.69) is 24.1 Å². The van der Waals surface area contributed by atoms with Gasteiger partial charge in [0.25, 0.3) is 5.56 Å². The summed E-state index contributed by atoms with van der Waals surface area (Å²) in [5.41, 5.74) is 2.58. The quantitative estimate of drug-likeness (QED) is 0.557. The van der Waals surface area contributed by atoms with Crippen LogP contribution >= 0.6 is 0 Å². The highest BCUT2D eigenvalue weighted by Gasteiger charge is 2.28. The van der Waals surface area contributed by atoms with Gasteiger partial charge in [0.1, 0.15) is 5.82 Å². The molecule has 0 aliphatic carbocycles. The van der Waals surface area contributed by atoms with E-state index in [0.29, 0.717) is 22.5 Å². The number of aromatic carboxylic acids is 1. The van der Waals surface area contributed by atoms with Gasteiger partial charge in [0.05, 0.1) is 22.5 Å². The van der Waals surface area contributed by atoms with Crippen molar-refractivity contribution in [2.24, 2.45) is 12.5 Å². The monoisotopic (exact) mass is 466 g/mol. The molecule has 4 rings (SSSR count). The third-order valence-electron chi connectivity index (χ3n) is 6.78. The van der Waals surface area contributed by atoms with E-state index in [0.717, 1.165) is 43.1 Å². The van der Waals surface area contributed by atoms with Crippen LogP contribution in [0.15, 0.2) is 35.1 Å². The smallest absolute Gasteiger partial charge is 0.337 e. The lowest BCUT2D eigenvalue weighted by molar-refractivity contribution is 0.0697. The van der Waals surface area contributed by atoms with Crippen LogP contribution in [0.5, 0.6) is 0 Å². The molecule has 3 aromatic rings. The second-order valence-electron chi connectivity index (χ2n) is 10.0. The van der Waals surface area contributed by atoms with Crippen LogP contribution in [0.4, 0.5) is 16.0 Å². The molecule has 1 aliphatic rings. The molecule has 1 fully saturated rings. The van der Waals surface area contributed by atoms with E-state index in [1.807, 2.05) is 26.0 Å². The predicted octanol–water partition coefficient (Wildman–Crippen LogP) is 4.88. The van der Waals surface area contributed by atoms with Gasteiger partial charge in [-0.2, -0.15) is 0 Å². The van der Waals surface area contributed by atoms with Gasteiger partial charge in [-0.3, -0.25) is 9.36 Å². The third kappa shape index (κ3) is 4.49. The fourth-order valence-corrected chi connectivity index (χ4v) is 4.60. The Morgan fingerprint density at radius 2 is 1.88 bits per heavy atom. The first-order valence-electron chi connectivity index (χ1n) is 11.5. The number of nitrogens with zero attached hydrogens (tertiary/aromatic N) is 3. The fraction of sp³-hybridized carbons (Fsp3) is 0.423. The number of anilines is 2. The molecule has 0 spiro atoms. The molecule has 2 heterocycles. The molecular weight excluding hydrogens is 435 g/mol. The van der Waals surface area contributed by atoms with Crippen LogP contribution in [-0.4, -0.2) is 33.7 Å². The van der Waals surface area contributed by atoms with Crippen LogP contribution in [0.2, 0.25) is 0 Å². The molecule has 8 heteroatoms. The summed E-state index contributed by atoms with van der Waals surface area (Å²) in [5.74, 6) is -1.19. The number of rotatable bonds is 5. The Morgan fingerprint density at radius 1 is 1.21 bits per heavy atom. The van der Waals surface area contributed by atoms with E-state index in [4.69, 9.17) is 4.98 Å². The third-order valence-corrected chi connectivity index (χ3v) is 6.78. The normalized spacial score (nSPS) is 16.5. The van der Waals surface area contributed by atoms with Crippen LogP contribution in [0.1, 0.15) is 61.1 Å². The number of halogens is 1. The summed E-state index contributed by atoms with van der Waals surface area (Å²) in [5, 5.41) is 13.2. The molecule has 1 aromatic heterocycles. The first-order chi connectivity index (χ1) is 16.0. The van der Waals surface area contributed by atoms with E-state index >= 15 is 0 Å². The highest BCUT2D eigenvalue weighted by Crippen LogP contribution is 2.33. The van der Waals surface area contributed by atoms with E-state index in [1.54, 1.807) is 11.6 Å². The number of aromatic nitrogens is 2. The number of hydrogen-bond donors (Lipinski definition) is 2. The summed E-state index contributed by atoms with van der Waals surface area (Å²) < 4.78 is 15.3. The summed E-state index contributed by atoms with van der Waals surface area (Å²) >= 11 is 0. The number of carboxylic acids is 1. The van der Waals surface area contributed by atoms with Crippen LogP contribution < -0.4 is 15.8 Å². The molecule has 0 bridgehead atoms. The summed E-state index contributed by atoms with van der Waals surface area (Å²) in [6, 6.07) is 7.05. The van der Waals surface area contributed by atoms with E-state index < -0.39 is 11.8 Å². The molecule has 1 unspecified atom stereocenters. The van der Waals surface area contributed by atoms with Gasteiger partial charge in [0.2, 0.25) is 5.95 Å². The maximum absolute atomic E-state index is 13.6. The number of aryl methyl sites for hydroxylation is 1. The van der Waals surface area contributed by atoms with Crippen LogP contribution in [0.25, 0.3) is 10.9 Å². The Kier molecular flexibility index (Phi) is 6.10. The van der Waals surface area contributed by atoms with Crippen molar-refractivity contribution in [1.82, 2.24) is 9.55 Å². The molecule has 1 aliphatic heterocycles. The predicted molar refractivity (Wildman–Crippen MR) is 132 cm³/mol. The summed E-state index contributed by atoms with van der Waals surface area (Å²) in [4.78, 5) is 32.1. The van der Waals surface area contributed by atoms with Crippen molar-refractivity contribution < 1.29 is 14.3 Å². The lowest BCUT2D eigenvalue weighted by atomic mass is 9.83. The van der Waals surface area contributed by atoms with Crippen LogP contribution in [0, 0.1) is 18.2 Å². The molecule has 1 atom stereocenters. The van der Waals surface area contributed by atoms with Crippen LogP contribution in [0.3, 0.4) is 0 Å². The Balaban J connectivity index is 1.79. The second kappa shape index (κ2) is 8.74. The minimum Gasteiger partial charge on any atom is -0.478 e. The average Bonchev–Trinajstić information content (AvgIpc) is 2.77. The summed E-state index contributed by atoms with van der Waals surface area (Å²) in [6.07, 6.45) is 2.03. The highest BCUT2D eigenvalue weighted by atomic mass is 19.1. The van der Waals surface area contributed by atoms with Gasteiger partial charge in [0, 0.05) is 31.4 Å². The van der Waals surface area contributed by atoms with E-state index in [1.165, 1.54) is 12.1 Å². The van der Waals surface area contributed by atoms with Gasteiger partial charge in [-0.1, -0.05) is 19.9 Å². The van der Waals surface area contributed by atoms with Crippen molar-refractivity contribution in [3.63, 3.8) is 0 Å². The maximum Gasteiger partial charge on any atom is 0.337 e. The lowest BCUT2D eigenvalue weighted by Crippen LogP contribution is -2.40. The van der Waals surface area contributed by atoms with Gasteiger partial charge in [0.15, 0.2) is 0 Å². The Bertz CT molecular complexity index is 1320. The van der Waals surface area contributed by atoms with Gasteiger partial charge < -0.3 is 15.3 Å². The molecule has 2 aromatic carbocycles. The van der Waals surface area contributed by atoms with Crippen molar-refractivity contribution in [2.45, 2.75) is 46.6 Å². The number of nitrogens with one attached hydrogen (secondary N) is 1. The SMILES string of the molecule is Cc1cc(C(C)Nc2ccc(F)cc2C(=O)O)c2nc(N3CCC(C)(C)CC3)n(C)c(=O)c2c1. The molecule has 7 nitrogen and oxygen atoms in total. The molecule has 0 radical (unpaired) electrons. The number of carboxylic acid groups (broad SMARTS) is 1. The zero-order valence-corrected chi connectivity index (χ0v) is 20.3. The first kappa shape index (κ1) is 23.7. The minimum absolute atomic E-state index is 0.116.